The van der Waals surface area contributed by atoms with Crippen LogP contribution in [0.4, 0.5) is 5.82 Å². The van der Waals surface area contributed by atoms with Gasteiger partial charge in [0.1, 0.15) is 0 Å². The van der Waals surface area contributed by atoms with Crippen LogP contribution in [0.2, 0.25) is 0 Å². The monoisotopic (exact) mass is 411 g/mol. The molecule has 1 aliphatic carbocycles. The number of aromatic nitrogens is 3. The third-order valence-corrected chi connectivity index (χ3v) is 6.36. The number of nitrogens with one attached hydrogen (secondary N) is 1. The molecule has 6 heteroatoms. The summed E-state index contributed by atoms with van der Waals surface area (Å²) in [6.07, 6.45) is 11.0. The van der Waals surface area contributed by atoms with Gasteiger partial charge < -0.3 is 10.2 Å². The lowest BCUT2D eigenvalue weighted by molar-refractivity contribution is 0.0948. The van der Waals surface area contributed by atoms with Gasteiger partial charge in [-0.15, -0.1) is 10.2 Å². The molecule has 0 radical (unpaired) electrons. The van der Waals surface area contributed by atoms with E-state index >= 15 is 0 Å². The maximum absolute atomic E-state index is 12.4. The molecule has 1 saturated heterocycles. The van der Waals surface area contributed by atoms with Gasteiger partial charge in [-0.2, -0.15) is 0 Å². The number of benzene rings is 1. The molecule has 1 aliphatic heterocycles. The molecule has 6 nitrogen and oxygen atoms in total. The van der Waals surface area contributed by atoms with E-state index in [2.05, 4.69) is 61.8 Å². The first-order valence-corrected chi connectivity index (χ1v) is 10.8. The van der Waals surface area contributed by atoms with Crippen molar-refractivity contribution in [3.05, 3.63) is 89.4 Å². The third kappa shape index (κ3) is 3.93. The Bertz CT molecular complexity index is 1090. The maximum atomic E-state index is 12.4. The Hall–Kier alpha value is -3.54. The summed E-state index contributed by atoms with van der Waals surface area (Å²) in [6, 6.07) is 16.2. The van der Waals surface area contributed by atoms with E-state index in [9.17, 15) is 4.79 Å². The Morgan fingerprint density at radius 3 is 2.68 bits per heavy atom. The molecule has 3 heterocycles. The van der Waals surface area contributed by atoms with Gasteiger partial charge in [-0.05, 0) is 54.2 Å². The number of allylic oxidation sites excluding steroid dienone is 1. The van der Waals surface area contributed by atoms with E-state index in [0.29, 0.717) is 12.2 Å². The zero-order valence-corrected chi connectivity index (χ0v) is 17.4. The number of rotatable bonds is 5. The van der Waals surface area contributed by atoms with Gasteiger partial charge in [-0.3, -0.25) is 9.78 Å². The minimum atomic E-state index is -0.201. The highest BCUT2D eigenvalue weighted by Crippen LogP contribution is 2.43. The Morgan fingerprint density at radius 2 is 1.90 bits per heavy atom. The minimum Gasteiger partial charge on any atom is -0.355 e. The second-order valence-corrected chi connectivity index (χ2v) is 8.21. The first-order valence-electron chi connectivity index (χ1n) is 10.8. The van der Waals surface area contributed by atoms with Crippen molar-refractivity contribution in [2.24, 2.45) is 0 Å². The fourth-order valence-electron chi connectivity index (χ4n) is 4.58. The van der Waals surface area contributed by atoms with Crippen molar-refractivity contribution in [2.75, 3.05) is 24.5 Å². The molecule has 0 atom stereocenters. The number of fused-ring (bicyclic) bond motifs is 2. The number of carbonyl (C=O) groups excluding carboxylic acids is 1. The molecule has 1 spiro atoms. The molecule has 2 aromatic heterocycles. The van der Waals surface area contributed by atoms with E-state index in [4.69, 9.17) is 0 Å². The van der Waals surface area contributed by atoms with Gasteiger partial charge in [0, 0.05) is 37.4 Å². The van der Waals surface area contributed by atoms with Crippen LogP contribution in [0.5, 0.6) is 0 Å². The van der Waals surface area contributed by atoms with Crippen LogP contribution < -0.4 is 10.2 Å². The predicted molar refractivity (Wildman–Crippen MR) is 121 cm³/mol. The second kappa shape index (κ2) is 8.30. The van der Waals surface area contributed by atoms with Gasteiger partial charge in [0.15, 0.2) is 11.5 Å². The largest absolute Gasteiger partial charge is 0.355 e. The van der Waals surface area contributed by atoms with Crippen LogP contribution in [-0.4, -0.2) is 40.7 Å². The predicted octanol–water partition coefficient (Wildman–Crippen LogP) is 3.41. The van der Waals surface area contributed by atoms with Crippen molar-refractivity contribution in [2.45, 2.75) is 24.7 Å². The van der Waals surface area contributed by atoms with Gasteiger partial charge >= 0.3 is 0 Å². The fourth-order valence-corrected chi connectivity index (χ4v) is 4.58. The van der Waals surface area contributed by atoms with E-state index in [-0.39, 0.29) is 11.3 Å². The Labute approximate surface area is 182 Å². The van der Waals surface area contributed by atoms with Crippen LogP contribution in [-0.2, 0) is 11.8 Å². The molecular weight excluding hydrogens is 386 g/mol. The molecule has 0 bridgehead atoms. The topological polar surface area (TPSA) is 71.0 Å². The summed E-state index contributed by atoms with van der Waals surface area (Å²) in [5.74, 6) is 0.630. The van der Waals surface area contributed by atoms with Gasteiger partial charge in [0.05, 0.1) is 0 Å². The number of amides is 1. The van der Waals surface area contributed by atoms with Crippen molar-refractivity contribution in [1.29, 1.82) is 0 Å². The highest BCUT2D eigenvalue weighted by atomic mass is 16.1. The molecular formula is C25H25N5O. The summed E-state index contributed by atoms with van der Waals surface area (Å²) in [5, 5.41) is 11.4. The van der Waals surface area contributed by atoms with Crippen LogP contribution in [0.3, 0.4) is 0 Å². The first-order chi connectivity index (χ1) is 15.2. The summed E-state index contributed by atoms with van der Waals surface area (Å²) in [5.41, 5.74) is 4.37. The molecule has 0 unspecified atom stereocenters. The van der Waals surface area contributed by atoms with Crippen molar-refractivity contribution in [3.8, 4) is 0 Å². The van der Waals surface area contributed by atoms with Gasteiger partial charge in [-0.1, -0.05) is 42.5 Å². The number of carbonyl (C=O) groups is 1. The standard InChI is InChI=1S/C25H25N5O/c31-24(27-15-10-19-4-3-14-26-18-19)22-7-8-23(29-28-22)30-16-12-25(13-17-30)11-9-20-5-1-2-6-21(20)25/h1-9,11,14,18H,10,12-13,15-17H2,(H,27,31). The van der Waals surface area contributed by atoms with E-state index in [1.165, 1.54) is 11.1 Å². The van der Waals surface area contributed by atoms with Crippen molar-refractivity contribution in [1.82, 2.24) is 20.5 Å². The lowest BCUT2D eigenvalue weighted by Crippen LogP contribution is -2.41. The lowest BCUT2D eigenvalue weighted by Gasteiger charge is -2.39. The average molecular weight is 412 g/mol. The van der Waals surface area contributed by atoms with Crippen LogP contribution in [0.25, 0.3) is 6.08 Å². The molecule has 5 rings (SSSR count). The highest BCUT2D eigenvalue weighted by Gasteiger charge is 2.38. The zero-order chi connectivity index (χ0) is 21.1. The Kier molecular flexibility index (Phi) is 5.20. The van der Waals surface area contributed by atoms with E-state index in [0.717, 1.165) is 43.7 Å². The highest BCUT2D eigenvalue weighted by molar-refractivity contribution is 5.92. The summed E-state index contributed by atoms with van der Waals surface area (Å²) >= 11 is 0. The summed E-state index contributed by atoms with van der Waals surface area (Å²) in [4.78, 5) is 18.7. The quantitative estimate of drug-likeness (QED) is 0.697. The lowest BCUT2D eigenvalue weighted by atomic mass is 9.74. The molecule has 0 saturated carbocycles. The number of hydrogen-bond acceptors (Lipinski definition) is 5. The molecule has 31 heavy (non-hydrogen) atoms. The Balaban J connectivity index is 1.17. The molecule has 1 aromatic carbocycles. The maximum Gasteiger partial charge on any atom is 0.271 e. The third-order valence-electron chi connectivity index (χ3n) is 6.36. The second-order valence-electron chi connectivity index (χ2n) is 8.21. The average Bonchev–Trinajstić information content (AvgIpc) is 3.18. The molecule has 1 amide bonds. The van der Waals surface area contributed by atoms with Crippen LogP contribution >= 0.6 is 0 Å². The Morgan fingerprint density at radius 1 is 1.03 bits per heavy atom. The van der Waals surface area contributed by atoms with Gasteiger partial charge in [-0.25, -0.2) is 0 Å². The van der Waals surface area contributed by atoms with Crippen molar-refractivity contribution < 1.29 is 4.79 Å². The van der Waals surface area contributed by atoms with Crippen molar-refractivity contribution >= 4 is 17.8 Å². The molecule has 1 fully saturated rings. The van der Waals surface area contributed by atoms with E-state index in [1.54, 1.807) is 12.3 Å². The SMILES string of the molecule is O=C(NCCc1cccnc1)c1ccc(N2CCC3(C=Cc4ccccc43)CC2)nn1. The normalized spacial score (nSPS) is 16.3. The van der Waals surface area contributed by atoms with Crippen LogP contribution in [0, 0.1) is 0 Å². The molecule has 3 aromatic rings. The number of nitrogens with zero attached hydrogens (tertiary/aromatic N) is 4. The van der Waals surface area contributed by atoms with Gasteiger partial charge in [0.2, 0.25) is 0 Å². The minimum absolute atomic E-state index is 0.147. The zero-order valence-electron chi connectivity index (χ0n) is 17.4. The summed E-state index contributed by atoms with van der Waals surface area (Å²) in [6.45, 7) is 2.38. The summed E-state index contributed by atoms with van der Waals surface area (Å²) < 4.78 is 0. The number of anilines is 1. The van der Waals surface area contributed by atoms with Crippen molar-refractivity contribution in [3.63, 3.8) is 0 Å². The fraction of sp³-hybridized carbons (Fsp3) is 0.280. The molecule has 2 aliphatic rings. The van der Waals surface area contributed by atoms with E-state index in [1.807, 2.05) is 24.4 Å². The van der Waals surface area contributed by atoms with Gasteiger partial charge in [0.25, 0.3) is 5.91 Å². The summed E-state index contributed by atoms with van der Waals surface area (Å²) in [7, 11) is 0. The van der Waals surface area contributed by atoms with Crippen LogP contribution in [0.1, 0.15) is 40.0 Å². The number of piperidine rings is 1. The number of pyridine rings is 1. The first kappa shape index (κ1) is 19.4. The smallest absolute Gasteiger partial charge is 0.271 e. The van der Waals surface area contributed by atoms with Crippen LogP contribution in [0.15, 0.2) is 67.0 Å². The number of hydrogen-bond donors (Lipinski definition) is 1. The van der Waals surface area contributed by atoms with E-state index < -0.39 is 0 Å². The molecule has 1 N–H and O–H groups in total. The molecule has 156 valence electrons.